The van der Waals surface area contributed by atoms with Crippen molar-refractivity contribution >= 4 is 12.5 Å². The lowest BCUT2D eigenvalue weighted by molar-refractivity contribution is -0.123. The van der Waals surface area contributed by atoms with Crippen molar-refractivity contribution in [1.29, 1.82) is 0 Å². The van der Waals surface area contributed by atoms with Crippen LogP contribution in [0.2, 0.25) is 0 Å². The third-order valence-corrected chi connectivity index (χ3v) is 3.17. The SMILES string of the molecule is O=CO/C=C/c1cn([C@@H]2O[C@H](CO)[C@H](O)C2O)c(=O)[nH]c1=O. The number of aliphatic hydroxyl groups is 3. The number of aromatic nitrogens is 2. The standard InChI is InChI=1S/C12H14N2O8/c15-4-7-8(17)9(18)11(22-7)14-3-6(1-2-21-5-16)10(19)13-12(14)20/h1-3,5,7-9,11,15,17-18H,4H2,(H,13,19,20)/b2-1+/t7-,8+,9?,11-/m1/s1. The summed E-state index contributed by atoms with van der Waals surface area (Å²) in [6.45, 7) is -0.403. The third kappa shape index (κ3) is 2.99. The van der Waals surface area contributed by atoms with Gasteiger partial charge in [0.2, 0.25) is 0 Å². The highest BCUT2D eigenvalue weighted by Gasteiger charge is 2.43. The molecule has 10 nitrogen and oxygen atoms in total. The molecule has 4 atom stereocenters. The topological polar surface area (TPSA) is 151 Å². The molecular weight excluding hydrogens is 300 g/mol. The highest BCUT2D eigenvalue weighted by molar-refractivity contribution is 5.48. The van der Waals surface area contributed by atoms with Crippen LogP contribution < -0.4 is 11.2 Å². The lowest BCUT2D eigenvalue weighted by atomic mass is 10.1. The normalized spacial score (nSPS) is 28.1. The van der Waals surface area contributed by atoms with Crippen molar-refractivity contribution in [2.45, 2.75) is 24.5 Å². The van der Waals surface area contributed by atoms with Crippen LogP contribution in [0.25, 0.3) is 6.08 Å². The fourth-order valence-corrected chi connectivity index (χ4v) is 2.06. The minimum Gasteiger partial charge on any atom is -0.437 e. The lowest BCUT2D eigenvalue weighted by Crippen LogP contribution is -2.38. The van der Waals surface area contributed by atoms with Gasteiger partial charge in [0.15, 0.2) is 6.23 Å². The van der Waals surface area contributed by atoms with E-state index in [0.29, 0.717) is 0 Å². The predicted octanol–water partition coefficient (Wildman–Crippen LogP) is -2.71. The van der Waals surface area contributed by atoms with Gasteiger partial charge in [0.25, 0.3) is 12.0 Å². The molecule has 1 aliphatic heterocycles. The summed E-state index contributed by atoms with van der Waals surface area (Å²) in [6, 6.07) is 0. The second-order valence-electron chi connectivity index (χ2n) is 4.51. The van der Waals surface area contributed by atoms with Crippen molar-refractivity contribution in [3.8, 4) is 0 Å². The molecule has 10 heteroatoms. The summed E-state index contributed by atoms with van der Waals surface area (Å²) in [5, 5.41) is 28.6. The minimum absolute atomic E-state index is 0.0424. The Bertz CT molecular complexity index is 678. The van der Waals surface area contributed by atoms with E-state index in [0.717, 1.165) is 23.1 Å². The number of hydrogen-bond acceptors (Lipinski definition) is 8. The lowest BCUT2D eigenvalue weighted by Gasteiger charge is -2.17. The Kier molecular flexibility index (Phi) is 4.88. The zero-order valence-corrected chi connectivity index (χ0v) is 11.2. The number of aliphatic hydroxyl groups excluding tert-OH is 3. The molecule has 0 aliphatic carbocycles. The van der Waals surface area contributed by atoms with Crippen molar-refractivity contribution in [1.82, 2.24) is 9.55 Å². The van der Waals surface area contributed by atoms with Crippen LogP contribution in [0.5, 0.6) is 0 Å². The third-order valence-electron chi connectivity index (χ3n) is 3.17. The highest BCUT2D eigenvalue weighted by atomic mass is 16.6. The zero-order chi connectivity index (χ0) is 16.3. The number of hydrogen-bond donors (Lipinski definition) is 4. The quantitative estimate of drug-likeness (QED) is 0.338. The second-order valence-corrected chi connectivity index (χ2v) is 4.51. The molecule has 1 unspecified atom stereocenters. The Morgan fingerprint density at radius 3 is 2.68 bits per heavy atom. The summed E-state index contributed by atoms with van der Waals surface area (Å²) in [6.07, 6.45) is -2.05. The number of carbonyl (C=O) groups excluding carboxylic acids is 1. The summed E-state index contributed by atoms with van der Waals surface area (Å²) < 4.78 is 10.4. The summed E-state index contributed by atoms with van der Waals surface area (Å²) in [7, 11) is 0. The van der Waals surface area contributed by atoms with Crippen LogP contribution in [0.15, 0.2) is 22.0 Å². The molecule has 2 rings (SSSR count). The van der Waals surface area contributed by atoms with Gasteiger partial charge in [0.05, 0.1) is 18.4 Å². The molecule has 0 bridgehead atoms. The molecule has 22 heavy (non-hydrogen) atoms. The van der Waals surface area contributed by atoms with Gasteiger partial charge in [-0.25, -0.2) is 4.79 Å². The number of nitrogens with one attached hydrogen (secondary N) is 1. The van der Waals surface area contributed by atoms with E-state index in [1.54, 1.807) is 0 Å². The Morgan fingerprint density at radius 2 is 2.09 bits per heavy atom. The summed E-state index contributed by atoms with van der Waals surface area (Å²) in [4.78, 5) is 35.5. The largest absolute Gasteiger partial charge is 0.437 e. The first kappa shape index (κ1) is 16.1. The Morgan fingerprint density at radius 1 is 1.36 bits per heavy atom. The van der Waals surface area contributed by atoms with Crippen molar-refractivity contribution in [2.75, 3.05) is 6.61 Å². The molecule has 1 fully saturated rings. The van der Waals surface area contributed by atoms with Crippen LogP contribution in [0.1, 0.15) is 11.8 Å². The first-order chi connectivity index (χ1) is 10.5. The molecule has 1 aliphatic rings. The van der Waals surface area contributed by atoms with Gasteiger partial charge in [-0.3, -0.25) is 19.1 Å². The van der Waals surface area contributed by atoms with Gasteiger partial charge in [0, 0.05) is 6.20 Å². The van der Waals surface area contributed by atoms with Gasteiger partial charge in [0.1, 0.15) is 18.3 Å². The van der Waals surface area contributed by atoms with Gasteiger partial charge < -0.3 is 24.8 Å². The van der Waals surface area contributed by atoms with Crippen molar-refractivity contribution in [3.63, 3.8) is 0 Å². The van der Waals surface area contributed by atoms with Gasteiger partial charge >= 0.3 is 5.69 Å². The number of aromatic amines is 1. The van der Waals surface area contributed by atoms with Crippen LogP contribution in [0.3, 0.4) is 0 Å². The number of rotatable bonds is 5. The molecule has 0 amide bonds. The van der Waals surface area contributed by atoms with Gasteiger partial charge in [-0.15, -0.1) is 0 Å². The molecule has 2 heterocycles. The molecule has 0 saturated carbocycles. The summed E-state index contributed by atoms with van der Waals surface area (Å²) in [5.74, 6) is 0. The molecule has 0 spiro atoms. The van der Waals surface area contributed by atoms with Crippen LogP contribution in [0.4, 0.5) is 0 Å². The number of H-pyrrole nitrogens is 1. The van der Waals surface area contributed by atoms with Crippen LogP contribution in [0, 0.1) is 0 Å². The molecule has 1 aromatic rings. The van der Waals surface area contributed by atoms with Crippen molar-refractivity contribution in [2.24, 2.45) is 0 Å². The maximum absolute atomic E-state index is 11.8. The van der Waals surface area contributed by atoms with Crippen molar-refractivity contribution in [3.05, 3.63) is 38.9 Å². The van der Waals surface area contributed by atoms with Crippen LogP contribution >= 0.6 is 0 Å². The molecule has 0 aromatic carbocycles. The average molecular weight is 314 g/mol. The Balaban J connectivity index is 2.39. The zero-order valence-electron chi connectivity index (χ0n) is 11.2. The van der Waals surface area contributed by atoms with E-state index in [4.69, 9.17) is 9.84 Å². The van der Waals surface area contributed by atoms with E-state index in [2.05, 4.69) is 4.74 Å². The number of nitrogens with zero attached hydrogens (tertiary/aromatic N) is 1. The number of ether oxygens (including phenoxy) is 2. The molecule has 0 radical (unpaired) electrons. The maximum atomic E-state index is 11.8. The molecule has 4 N–H and O–H groups in total. The Hall–Kier alpha value is -2.27. The van der Waals surface area contributed by atoms with Gasteiger partial charge in [-0.1, -0.05) is 0 Å². The van der Waals surface area contributed by atoms with E-state index >= 15 is 0 Å². The number of carbonyl (C=O) groups is 1. The summed E-state index contributed by atoms with van der Waals surface area (Å²) in [5.41, 5.74) is -1.65. The van der Waals surface area contributed by atoms with Crippen molar-refractivity contribution < 1.29 is 29.6 Å². The molecule has 1 aromatic heterocycles. The van der Waals surface area contributed by atoms with Gasteiger partial charge in [-0.05, 0) is 6.08 Å². The monoisotopic (exact) mass is 314 g/mol. The van der Waals surface area contributed by atoms with E-state index in [1.807, 2.05) is 4.98 Å². The minimum atomic E-state index is -1.47. The van der Waals surface area contributed by atoms with E-state index in [9.17, 15) is 24.6 Å². The smallest absolute Gasteiger partial charge is 0.330 e. The van der Waals surface area contributed by atoms with Crippen LogP contribution in [-0.2, 0) is 14.3 Å². The van der Waals surface area contributed by atoms with E-state index < -0.39 is 42.4 Å². The van der Waals surface area contributed by atoms with E-state index in [1.165, 1.54) is 0 Å². The Labute approximate surface area is 122 Å². The fraction of sp³-hybridized carbons (Fsp3) is 0.417. The predicted molar refractivity (Wildman–Crippen MR) is 70.5 cm³/mol. The summed E-state index contributed by atoms with van der Waals surface area (Å²) >= 11 is 0. The second kappa shape index (κ2) is 6.66. The average Bonchev–Trinajstić information content (AvgIpc) is 2.77. The first-order valence-electron chi connectivity index (χ1n) is 6.23. The van der Waals surface area contributed by atoms with Crippen LogP contribution in [-0.4, -0.2) is 56.3 Å². The van der Waals surface area contributed by atoms with Gasteiger partial charge in [-0.2, -0.15) is 0 Å². The molecule has 1 saturated heterocycles. The maximum Gasteiger partial charge on any atom is 0.330 e. The first-order valence-corrected chi connectivity index (χ1v) is 6.23. The molecular formula is C12H14N2O8. The highest BCUT2D eigenvalue weighted by Crippen LogP contribution is 2.27. The van der Waals surface area contributed by atoms with E-state index in [-0.39, 0.29) is 12.0 Å². The fourth-order valence-electron chi connectivity index (χ4n) is 2.06. The molecule has 120 valence electrons.